The summed E-state index contributed by atoms with van der Waals surface area (Å²) in [6.07, 6.45) is 0.279. The molecule has 0 bridgehead atoms. The lowest BCUT2D eigenvalue weighted by atomic mass is 10.2. The highest BCUT2D eigenvalue weighted by Crippen LogP contribution is 2.30. The van der Waals surface area contributed by atoms with E-state index in [4.69, 9.17) is 21.6 Å². The number of carbonyl (C=O) groups excluding carboxylic acids is 1. The van der Waals surface area contributed by atoms with Gasteiger partial charge >= 0.3 is 0 Å². The largest absolute Gasteiger partial charge is 0.495 e. The Morgan fingerprint density at radius 2 is 2.12 bits per heavy atom. The standard InChI is InChI=1S/C18H18ClN3O2/c1-12-8-16(17(24-2)10-15(12)19)22-18(23)6-7-21-14-5-3-4-13(9-14)11-20/h3-5,8-10,21H,6-7H2,1-2H3,(H,22,23). The van der Waals surface area contributed by atoms with Gasteiger partial charge in [-0.15, -0.1) is 0 Å². The van der Waals surface area contributed by atoms with Crippen molar-refractivity contribution in [1.82, 2.24) is 0 Å². The van der Waals surface area contributed by atoms with Gasteiger partial charge in [0.05, 0.1) is 24.4 Å². The molecule has 0 spiro atoms. The van der Waals surface area contributed by atoms with Crippen molar-refractivity contribution in [2.24, 2.45) is 0 Å². The molecule has 2 aromatic carbocycles. The Labute approximate surface area is 146 Å². The minimum absolute atomic E-state index is 0.140. The number of carbonyl (C=O) groups is 1. The third-order valence-corrected chi connectivity index (χ3v) is 3.83. The minimum Gasteiger partial charge on any atom is -0.495 e. The number of ether oxygens (including phenoxy) is 1. The van der Waals surface area contributed by atoms with Gasteiger partial charge in [0, 0.05) is 29.7 Å². The molecule has 0 aliphatic carbocycles. The SMILES string of the molecule is COc1cc(Cl)c(C)cc1NC(=O)CCNc1cccc(C#N)c1. The Balaban J connectivity index is 1.92. The van der Waals surface area contributed by atoms with Crippen molar-refractivity contribution >= 4 is 28.9 Å². The second-order valence-electron chi connectivity index (χ2n) is 5.22. The zero-order chi connectivity index (χ0) is 17.5. The van der Waals surface area contributed by atoms with Crippen LogP contribution in [0.1, 0.15) is 17.5 Å². The van der Waals surface area contributed by atoms with Crippen LogP contribution < -0.4 is 15.4 Å². The molecule has 0 fully saturated rings. The molecule has 0 saturated carbocycles. The van der Waals surface area contributed by atoms with E-state index in [1.807, 2.05) is 13.0 Å². The zero-order valence-electron chi connectivity index (χ0n) is 13.5. The summed E-state index contributed by atoms with van der Waals surface area (Å²) in [4.78, 5) is 12.1. The van der Waals surface area contributed by atoms with E-state index in [1.165, 1.54) is 7.11 Å². The molecular weight excluding hydrogens is 326 g/mol. The fraction of sp³-hybridized carbons (Fsp3) is 0.222. The van der Waals surface area contributed by atoms with Crippen LogP contribution in [0.25, 0.3) is 0 Å². The molecule has 6 heteroatoms. The van der Waals surface area contributed by atoms with Gasteiger partial charge in [-0.1, -0.05) is 17.7 Å². The number of halogens is 1. The van der Waals surface area contributed by atoms with Crippen molar-refractivity contribution in [1.29, 1.82) is 5.26 Å². The van der Waals surface area contributed by atoms with Gasteiger partial charge in [0.25, 0.3) is 0 Å². The average Bonchev–Trinajstić information content (AvgIpc) is 2.58. The number of rotatable bonds is 6. The number of aryl methyl sites for hydroxylation is 1. The van der Waals surface area contributed by atoms with E-state index in [-0.39, 0.29) is 12.3 Å². The maximum absolute atomic E-state index is 12.1. The predicted octanol–water partition coefficient (Wildman–Crippen LogP) is 3.97. The van der Waals surface area contributed by atoms with Crippen LogP contribution >= 0.6 is 11.6 Å². The maximum atomic E-state index is 12.1. The van der Waals surface area contributed by atoms with Crippen LogP contribution in [0.2, 0.25) is 5.02 Å². The molecule has 5 nitrogen and oxygen atoms in total. The van der Waals surface area contributed by atoms with E-state index in [0.29, 0.717) is 28.6 Å². The van der Waals surface area contributed by atoms with Gasteiger partial charge in [-0.2, -0.15) is 5.26 Å². The maximum Gasteiger partial charge on any atom is 0.226 e. The first-order chi connectivity index (χ1) is 11.5. The monoisotopic (exact) mass is 343 g/mol. The lowest BCUT2D eigenvalue weighted by Gasteiger charge is -2.12. The Morgan fingerprint density at radius 3 is 2.83 bits per heavy atom. The molecule has 0 heterocycles. The summed E-state index contributed by atoms with van der Waals surface area (Å²) in [6.45, 7) is 2.32. The number of hydrogen-bond donors (Lipinski definition) is 2. The summed E-state index contributed by atoms with van der Waals surface area (Å²) in [5, 5.41) is 15.4. The van der Waals surface area contributed by atoms with Crippen molar-refractivity contribution in [2.45, 2.75) is 13.3 Å². The molecule has 0 aliphatic rings. The zero-order valence-corrected chi connectivity index (χ0v) is 14.3. The van der Waals surface area contributed by atoms with Crippen molar-refractivity contribution in [3.63, 3.8) is 0 Å². The third-order valence-electron chi connectivity index (χ3n) is 3.43. The molecule has 0 saturated heterocycles. The van der Waals surface area contributed by atoms with Crippen LogP contribution in [0, 0.1) is 18.3 Å². The van der Waals surface area contributed by atoms with Crippen molar-refractivity contribution in [2.75, 3.05) is 24.3 Å². The molecule has 24 heavy (non-hydrogen) atoms. The van der Waals surface area contributed by atoms with E-state index in [1.54, 1.807) is 30.3 Å². The third kappa shape index (κ3) is 4.64. The highest BCUT2D eigenvalue weighted by atomic mass is 35.5. The summed E-state index contributed by atoms with van der Waals surface area (Å²) in [6, 6.07) is 12.7. The Kier molecular flexibility index (Phi) is 6.05. The Morgan fingerprint density at radius 1 is 1.33 bits per heavy atom. The van der Waals surface area contributed by atoms with Gasteiger partial charge < -0.3 is 15.4 Å². The first-order valence-electron chi connectivity index (χ1n) is 7.41. The second kappa shape index (κ2) is 8.23. The number of methoxy groups -OCH3 is 1. The summed E-state index contributed by atoms with van der Waals surface area (Å²) >= 11 is 6.05. The Bertz CT molecular complexity index is 784. The number of anilines is 2. The van der Waals surface area contributed by atoms with Gasteiger partial charge in [-0.25, -0.2) is 0 Å². The van der Waals surface area contributed by atoms with E-state index in [2.05, 4.69) is 16.7 Å². The topological polar surface area (TPSA) is 74.2 Å². The Hall–Kier alpha value is -2.71. The van der Waals surface area contributed by atoms with Crippen molar-refractivity contribution in [3.8, 4) is 11.8 Å². The number of nitriles is 1. The van der Waals surface area contributed by atoms with Crippen LogP contribution in [0.5, 0.6) is 5.75 Å². The molecule has 1 amide bonds. The van der Waals surface area contributed by atoms with Gasteiger partial charge in [-0.05, 0) is 36.8 Å². The molecule has 0 radical (unpaired) electrons. The normalized spacial score (nSPS) is 9.92. The fourth-order valence-electron chi connectivity index (χ4n) is 2.16. The number of nitrogens with one attached hydrogen (secondary N) is 2. The molecule has 2 rings (SSSR count). The molecule has 0 unspecified atom stereocenters. The van der Waals surface area contributed by atoms with E-state index < -0.39 is 0 Å². The van der Waals surface area contributed by atoms with Crippen molar-refractivity contribution < 1.29 is 9.53 Å². The highest BCUT2D eigenvalue weighted by molar-refractivity contribution is 6.31. The van der Waals surface area contributed by atoms with Crippen LogP contribution in [0.4, 0.5) is 11.4 Å². The average molecular weight is 344 g/mol. The number of amides is 1. The predicted molar refractivity (Wildman–Crippen MR) is 95.6 cm³/mol. The molecule has 0 atom stereocenters. The lowest BCUT2D eigenvalue weighted by Crippen LogP contribution is -2.16. The quantitative estimate of drug-likeness (QED) is 0.832. The van der Waals surface area contributed by atoms with Gasteiger partial charge in [0.15, 0.2) is 0 Å². The first kappa shape index (κ1) is 17.6. The van der Waals surface area contributed by atoms with E-state index in [9.17, 15) is 4.79 Å². The number of benzene rings is 2. The van der Waals surface area contributed by atoms with Crippen LogP contribution in [-0.4, -0.2) is 19.6 Å². The van der Waals surface area contributed by atoms with Crippen LogP contribution in [0.15, 0.2) is 36.4 Å². The lowest BCUT2D eigenvalue weighted by molar-refractivity contribution is -0.116. The molecule has 2 aromatic rings. The molecule has 2 N–H and O–H groups in total. The molecule has 0 aromatic heterocycles. The van der Waals surface area contributed by atoms with Gasteiger partial charge in [0.2, 0.25) is 5.91 Å². The van der Waals surface area contributed by atoms with E-state index in [0.717, 1.165) is 11.3 Å². The van der Waals surface area contributed by atoms with Crippen molar-refractivity contribution in [3.05, 3.63) is 52.5 Å². The summed E-state index contributed by atoms with van der Waals surface area (Å²) in [5.41, 5.74) is 2.84. The van der Waals surface area contributed by atoms with Crippen LogP contribution in [0.3, 0.4) is 0 Å². The van der Waals surface area contributed by atoms with Gasteiger partial charge in [0.1, 0.15) is 5.75 Å². The van der Waals surface area contributed by atoms with Crippen LogP contribution in [-0.2, 0) is 4.79 Å². The first-order valence-corrected chi connectivity index (χ1v) is 7.79. The highest BCUT2D eigenvalue weighted by Gasteiger charge is 2.10. The summed E-state index contributed by atoms with van der Waals surface area (Å²) in [7, 11) is 1.53. The second-order valence-corrected chi connectivity index (χ2v) is 5.63. The minimum atomic E-state index is -0.140. The fourth-order valence-corrected chi connectivity index (χ4v) is 2.32. The number of hydrogen-bond acceptors (Lipinski definition) is 4. The number of nitrogens with zero attached hydrogens (tertiary/aromatic N) is 1. The summed E-state index contributed by atoms with van der Waals surface area (Å²) < 4.78 is 5.24. The molecular formula is C18H18ClN3O2. The molecule has 0 aliphatic heterocycles. The molecule has 124 valence electrons. The van der Waals surface area contributed by atoms with Gasteiger partial charge in [-0.3, -0.25) is 4.79 Å². The summed E-state index contributed by atoms with van der Waals surface area (Å²) in [5.74, 6) is 0.382. The van der Waals surface area contributed by atoms with E-state index >= 15 is 0 Å². The smallest absolute Gasteiger partial charge is 0.226 e.